The lowest BCUT2D eigenvalue weighted by Crippen LogP contribution is -2.50. The Labute approximate surface area is 155 Å². The van der Waals surface area contributed by atoms with Gasteiger partial charge in [-0.25, -0.2) is 13.4 Å². The molecule has 0 atom stereocenters. The van der Waals surface area contributed by atoms with Crippen molar-refractivity contribution in [1.82, 2.24) is 10.3 Å². The van der Waals surface area contributed by atoms with Crippen LogP contribution in [0.25, 0.3) is 10.2 Å². The Morgan fingerprint density at radius 2 is 1.92 bits per heavy atom. The minimum absolute atomic E-state index is 0.00242. The molecule has 1 aliphatic heterocycles. The van der Waals surface area contributed by atoms with Crippen molar-refractivity contribution in [2.45, 2.75) is 37.6 Å². The molecule has 0 bridgehead atoms. The van der Waals surface area contributed by atoms with E-state index in [0.717, 1.165) is 40.9 Å². The molecular formula is C17H19ClN2O3S2. The van der Waals surface area contributed by atoms with Gasteiger partial charge in [0, 0.05) is 17.0 Å². The molecule has 1 saturated heterocycles. The molecule has 134 valence electrons. The maximum Gasteiger partial charge on any atom is 0.225 e. The molecule has 1 amide bonds. The second-order valence-corrected chi connectivity index (χ2v) is 10.6. The van der Waals surface area contributed by atoms with Crippen molar-refractivity contribution < 1.29 is 13.2 Å². The molecule has 0 unspecified atom stereocenters. The SMILES string of the molecule is O=C(NC1CCC(c2nc3cc(Cl)ccc3s2)CC1)C1CS(=O)(=O)C1. The number of carbonyl (C=O) groups excluding carboxylic acids is 1. The third-order valence-electron chi connectivity index (χ3n) is 5.07. The van der Waals surface area contributed by atoms with E-state index in [1.54, 1.807) is 11.3 Å². The van der Waals surface area contributed by atoms with Crippen molar-refractivity contribution in [3.63, 3.8) is 0 Å². The first-order valence-electron chi connectivity index (χ1n) is 8.46. The van der Waals surface area contributed by atoms with E-state index in [4.69, 9.17) is 16.6 Å². The standard InChI is InChI=1S/C17H19ClN2O3S2/c18-12-3-6-15-14(7-12)20-17(24-15)10-1-4-13(5-2-10)19-16(21)11-8-25(22,23)9-11/h3,6-7,10-11,13H,1-2,4-5,8-9H2,(H,19,21). The second-order valence-electron chi connectivity index (χ2n) is 7.00. The Kier molecular flexibility index (Phi) is 4.50. The number of rotatable bonds is 3. The van der Waals surface area contributed by atoms with Gasteiger partial charge in [0.2, 0.25) is 5.91 Å². The zero-order valence-corrected chi connectivity index (χ0v) is 16.0. The van der Waals surface area contributed by atoms with Crippen LogP contribution in [0.1, 0.15) is 36.6 Å². The molecule has 2 aliphatic rings. The summed E-state index contributed by atoms with van der Waals surface area (Å²) in [5.74, 6) is -0.0247. The molecular weight excluding hydrogens is 380 g/mol. The molecule has 4 rings (SSSR count). The van der Waals surface area contributed by atoms with Crippen molar-refractivity contribution in [3.8, 4) is 0 Å². The number of hydrogen-bond donors (Lipinski definition) is 1. The maximum absolute atomic E-state index is 12.1. The Balaban J connectivity index is 1.34. The molecule has 8 heteroatoms. The van der Waals surface area contributed by atoms with E-state index in [9.17, 15) is 13.2 Å². The molecule has 0 spiro atoms. The van der Waals surface area contributed by atoms with Gasteiger partial charge < -0.3 is 5.32 Å². The molecule has 1 saturated carbocycles. The lowest BCUT2D eigenvalue weighted by atomic mass is 9.86. The number of sulfone groups is 1. The van der Waals surface area contributed by atoms with Crippen LogP contribution >= 0.6 is 22.9 Å². The van der Waals surface area contributed by atoms with Crippen LogP contribution in [0.4, 0.5) is 0 Å². The highest BCUT2D eigenvalue weighted by molar-refractivity contribution is 7.92. The van der Waals surface area contributed by atoms with Crippen molar-refractivity contribution in [2.75, 3.05) is 11.5 Å². The highest BCUT2D eigenvalue weighted by Gasteiger charge is 2.39. The monoisotopic (exact) mass is 398 g/mol. The van der Waals surface area contributed by atoms with E-state index in [1.165, 1.54) is 0 Å². The van der Waals surface area contributed by atoms with Gasteiger partial charge in [0.1, 0.15) is 0 Å². The first-order valence-corrected chi connectivity index (χ1v) is 11.5. The molecule has 2 aromatic rings. The molecule has 2 heterocycles. The smallest absolute Gasteiger partial charge is 0.225 e. The zero-order chi connectivity index (χ0) is 17.6. The fourth-order valence-electron chi connectivity index (χ4n) is 3.61. The lowest BCUT2D eigenvalue weighted by molar-refractivity contribution is -0.125. The van der Waals surface area contributed by atoms with Gasteiger partial charge in [-0.05, 0) is 43.9 Å². The predicted octanol–water partition coefficient (Wildman–Crippen LogP) is 3.14. The number of benzene rings is 1. The number of halogens is 1. The van der Waals surface area contributed by atoms with Crippen LogP contribution in [0.5, 0.6) is 0 Å². The van der Waals surface area contributed by atoms with Crippen LogP contribution in [-0.2, 0) is 14.6 Å². The van der Waals surface area contributed by atoms with Gasteiger partial charge in [-0.3, -0.25) is 4.79 Å². The van der Waals surface area contributed by atoms with Crippen molar-refractivity contribution in [1.29, 1.82) is 0 Å². The minimum Gasteiger partial charge on any atom is -0.353 e. The van der Waals surface area contributed by atoms with E-state index in [1.807, 2.05) is 18.2 Å². The number of nitrogens with one attached hydrogen (secondary N) is 1. The molecule has 25 heavy (non-hydrogen) atoms. The van der Waals surface area contributed by atoms with Gasteiger partial charge in [0.25, 0.3) is 0 Å². The molecule has 0 radical (unpaired) electrons. The number of nitrogens with zero attached hydrogens (tertiary/aromatic N) is 1. The summed E-state index contributed by atoms with van der Waals surface area (Å²) in [7, 11) is -2.95. The van der Waals surface area contributed by atoms with Gasteiger partial charge in [0.15, 0.2) is 9.84 Å². The van der Waals surface area contributed by atoms with Gasteiger partial charge in [-0.2, -0.15) is 0 Å². The van der Waals surface area contributed by atoms with Crippen molar-refractivity contribution in [2.24, 2.45) is 5.92 Å². The summed E-state index contributed by atoms with van der Waals surface area (Å²) >= 11 is 7.75. The summed E-state index contributed by atoms with van der Waals surface area (Å²) in [5.41, 5.74) is 0.953. The Hall–Kier alpha value is -1.18. The van der Waals surface area contributed by atoms with Crippen molar-refractivity contribution >= 4 is 48.9 Å². The van der Waals surface area contributed by atoms with E-state index in [0.29, 0.717) is 10.9 Å². The number of fused-ring (bicyclic) bond motifs is 1. The number of hydrogen-bond acceptors (Lipinski definition) is 5. The third-order valence-corrected chi connectivity index (χ3v) is 8.32. The summed E-state index contributed by atoms with van der Waals surface area (Å²) in [5, 5.41) is 4.87. The van der Waals surface area contributed by atoms with E-state index >= 15 is 0 Å². The average Bonchev–Trinajstić information content (AvgIpc) is 2.96. The maximum atomic E-state index is 12.1. The minimum atomic E-state index is -2.95. The number of aromatic nitrogens is 1. The lowest BCUT2D eigenvalue weighted by Gasteiger charge is -2.31. The van der Waals surface area contributed by atoms with Crippen LogP contribution in [0.15, 0.2) is 18.2 Å². The van der Waals surface area contributed by atoms with Gasteiger partial charge in [-0.15, -0.1) is 11.3 Å². The van der Waals surface area contributed by atoms with Gasteiger partial charge >= 0.3 is 0 Å². The largest absolute Gasteiger partial charge is 0.353 e. The summed E-state index contributed by atoms with van der Waals surface area (Å²) < 4.78 is 23.5. The molecule has 1 aromatic heterocycles. The first kappa shape index (κ1) is 17.2. The Bertz CT molecular complexity index is 905. The van der Waals surface area contributed by atoms with Crippen LogP contribution in [-0.4, -0.2) is 36.9 Å². The molecule has 2 fully saturated rings. The van der Waals surface area contributed by atoms with E-state index < -0.39 is 9.84 Å². The fourth-order valence-corrected chi connectivity index (χ4v) is 6.33. The quantitative estimate of drug-likeness (QED) is 0.861. The van der Waals surface area contributed by atoms with Crippen molar-refractivity contribution in [3.05, 3.63) is 28.2 Å². The predicted molar refractivity (Wildman–Crippen MR) is 99.9 cm³/mol. The Morgan fingerprint density at radius 1 is 1.20 bits per heavy atom. The summed E-state index contributed by atoms with van der Waals surface area (Å²) in [6.45, 7) is 0. The topological polar surface area (TPSA) is 76.1 Å². The number of thiazole rings is 1. The molecule has 1 N–H and O–H groups in total. The third kappa shape index (κ3) is 3.68. The highest BCUT2D eigenvalue weighted by atomic mass is 35.5. The number of amides is 1. The normalized spacial score (nSPS) is 26.3. The van der Waals surface area contributed by atoms with Crippen LogP contribution in [0.2, 0.25) is 5.02 Å². The van der Waals surface area contributed by atoms with Crippen LogP contribution in [0.3, 0.4) is 0 Å². The molecule has 5 nitrogen and oxygen atoms in total. The van der Waals surface area contributed by atoms with E-state index in [-0.39, 0.29) is 29.4 Å². The summed E-state index contributed by atoms with van der Waals surface area (Å²) in [4.78, 5) is 16.8. The summed E-state index contributed by atoms with van der Waals surface area (Å²) in [6, 6.07) is 5.95. The van der Waals surface area contributed by atoms with E-state index in [2.05, 4.69) is 5.32 Å². The molecule has 1 aliphatic carbocycles. The number of carbonyl (C=O) groups is 1. The van der Waals surface area contributed by atoms with Crippen LogP contribution < -0.4 is 5.32 Å². The van der Waals surface area contributed by atoms with Gasteiger partial charge in [-0.1, -0.05) is 11.6 Å². The van der Waals surface area contributed by atoms with Crippen LogP contribution in [0, 0.1) is 5.92 Å². The summed E-state index contributed by atoms with van der Waals surface area (Å²) in [6.07, 6.45) is 3.79. The highest BCUT2D eigenvalue weighted by Crippen LogP contribution is 2.37. The second kappa shape index (κ2) is 6.52. The fraction of sp³-hybridized carbons (Fsp3) is 0.529. The average molecular weight is 399 g/mol. The molecule has 1 aromatic carbocycles. The Morgan fingerprint density at radius 3 is 2.60 bits per heavy atom. The first-order chi connectivity index (χ1) is 11.9. The zero-order valence-electron chi connectivity index (χ0n) is 13.6. The van der Waals surface area contributed by atoms with Gasteiger partial charge in [0.05, 0.1) is 32.6 Å².